The van der Waals surface area contributed by atoms with Crippen molar-refractivity contribution in [3.63, 3.8) is 0 Å². The number of aliphatic hydroxyl groups is 1. The third-order valence-electron chi connectivity index (χ3n) is 17.4. The zero-order valence-electron chi connectivity index (χ0n) is 63.8. The van der Waals surface area contributed by atoms with Crippen molar-refractivity contribution in [2.75, 3.05) is 39.6 Å². The van der Waals surface area contributed by atoms with E-state index in [1.165, 1.54) is 193 Å². The Morgan fingerprint density at radius 3 is 0.724 bits per heavy atom. The molecule has 0 radical (unpaired) electrons. The molecule has 0 bridgehead atoms. The van der Waals surface area contributed by atoms with Gasteiger partial charge in [0, 0.05) is 25.7 Å². The van der Waals surface area contributed by atoms with Crippen molar-refractivity contribution >= 4 is 39.5 Å². The van der Waals surface area contributed by atoms with Crippen LogP contribution < -0.4 is 68.9 Å². The van der Waals surface area contributed by atoms with Gasteiger partial charge in [-0.1, -0.05) is 309 Å². The molecular weight excluding hydrogens is 1300 g/mol. The Morgan fingerprint density at radius 2 is 0.490 bits per heavy atom. The van der Waals surface area contributed by atoms with Crippen molar-refractivity contribution in [2.24, 2.45) is 0 Å². The molecule has 2 unspecified atom stereocenters. The molecule has 0 aromatic rings. The van der Waals surface area contributed by atoms with Gasteiger partial charge < -0.3 is 51.9 Å². The molecule has 98 heavy (non-hydrogen) atoms. The van der Waals surface area contributed by atoms with Crippen LogP contribution in [0.3, 0.4) is 0 Å². The summed E-state index contributed by atoms with van der Waals surface area (Å²) in [5, 5.41) is 10.6. The summed E-state index contributed by atoms with van der Waals surface area (Å²) in [5.41, 5.74) is 0. The second-order valence-corrected chi connectivity index (χ2v) is 29.8. The standard InChI is InChI=1S/C77H146O17P2.2Na/c1-5-9-13-17-21-25-29-33-35-39-43-47-51-55-59-63-76(81)93-72(67-87-74(79)61-57-53-49-45-41-37-31-27-23-19-15-11-7-3)69-91-95(83,84)89-65-71(78)66-90-96(85,86)92-70-73(68-88-75(80)62-58-54-50-46-42-38-32-28-24-20-16-12-8-4)94-77(82)64-60-56-52-48-44-40-36-34-30-26-22-18-14-10-6-2;;/h33-36,71-73,78H,5-32,37-70H2,1-4H3,(H,83,84)(H,85,86);;/q;2*+1/p-2/b35-33+,36-34+;;/t72-,73-;;/m1../s1. The third-order valence-corrected chi connectivity index (χ3v) is 19.3. The van der Waals surface area contributed by atoms with Crippen LogP contribution in [0.15, 0.2) is 24.3 Å². The third kappa shape index (κ3) is 76.7. The number of unbranched alkanes of at least 4 members (excludes halogenated alkanes) is 46. The minimum absolute atomic E-state index is 0. The van der Waals surface area contributed by atoms with Gasteiger partial charge in [0.2, 0.25) is 0 Å². The Morgan fingerprint density at radius 1 is 0.296 bits per heavy atom. The first-order valence-electron chi connectivity index (χ1n) is 39.5. The predicted octanol–water partition coefficient (Wildman–Crippen LogP) is 15.3. The molecule has 0 fully saturated rings. The molecule has 0 rings (SSSR count). The minimum Gasteiger partial charge on any atom is -0.756 e. The van der Waals surface area contributed by atoms with Gasteiger partial charge in [0.25, 0.3) is 15.6 Å². The number of phosphoric acid groups is 2. The Kier molecular flexibility index (Phi) is 80.6. The fourth-order valence-corrected chi connectivity index (χ4v) is 12.9. The molecule has 0 saturated carbocycles. The van der Waals surface area contributed by atoms with Crippen LogP contribution in [0.4, 0.5) is 0 Å². The van der Waals surface area contributed by atoms with Crippen molar-refractivity contribution in [2.45, 2.75) is 406 Å². The number of aliphatic hydroxyl groups excluding tert-OH is 1. The molecule has 0 aliphatic carbocycles. The normalized spacial score (nSPS) is 13.7. The minimum atomic E-state index is -5.23. The Bertz CT molecular complexity index is 1800. The summed E-state index contributed by atoms with van der Waals surface area (Å²) in [6, 6.07) is 0. The zero-order chi connectivity index (χ0) is 70.4. The maximum atomic E-state index is 13.0. The number of carbonyl (C=O) groups excluding carboxylic acids is 4. The van der Waals surface area contributed by atoms with Crippen LogP contribution >= 0.6 is 15.6 Å². The first-order chi connectivity index (χ1) is 46.7. The first-order valence-corrected chi connectivity index (χ1v) is 42.5. The number of hydrogen-bond donors (Lipinski definition) is 1. The van der Waals surface area contributed by atoms with Crippen LogP contribution in [0.25, 0.3) is 0 Å². The molecule has 0 amide bonds. The van der Waals surface area contributed by atoms with Gasteiger partial charge in [0.1, 0.15) is 19.3 Å². The van der Waals surface area contributed by atoms with E-state index in [1.807, 2.05) is 0 Å². The molecule has 17 nitrogen and oxygen atoms in total. The van der Waals surface area contributed by atoms with Crippen LogP contribution in [0.2, 0.25) is 0 Å². The second-order valence-electron chi connectivity index (χ2n) is 27.0. The predicted molar refractivity (Wildman–Crippen MR) is 386 cm³/mol. The van der Waals surface area contributed by atoms with Gasteiger partial charge in [-0.3, -0.25) is 28.3 Å². The zero-order valence-corrected chi connectivity index (χ0v) is 69.5. The molecule has 0 spiro atoms. The van der Waals surface area contributed by atoms with E-state index in [9.17, 15) is 43.2 Å². The number of esters is 4. The van der Waals surface area contributed by atoms with E-state index in [4.69, 9.17) is 37.0 Å². The number of carbonyl (C=O) groups is 4. The SMILES string of the molecule is CCCCCCCC/C=C/CCCCCCCC(=O)O[C@H](COC(=O)CCCCCCCCCCCCCCC)COP(=O)([O-])OCC(O)COP(=O)([O-])OC[C@@H](COC(=O)CCCCCCCCCCCCCCC)OC(=O)CCCCCCC/C=C/CCCCCCCC.[Na+].[Na+]. The van der Waals surface area contributed by atoms with E-state index in [-0.39, 0.29) is 84.8 Å². The molecule has 0 aromatic heterocycles. The van der Waals surface area contributed by atoms with Crippen molar-refractivity contribution in [3.8, 4) is 0 Å². The first kappa shape index (κ1) is 102. The summed E-state index contributed by atoms with van der Waals surface area (Å²) in [7, 11) is -10.5. The fourth-order valence-electron chi connectivity index (χ4n) is 11.3. The monoisotopic (exact) mass is 1450 g/mol. The Labute approximate surface area is 643 Å². The molecule has 21 heteroatoms. The van der Waals surface area contributed by atoms with Crippen molar-refractivity contribution in [3.05, 3.63) is 24.3 Å². The summed E-state index contributed by atoms with van der Waals surface area (Å²) in [6.07, 6.45) is 63.7. The molecule has 1 N–H and O–H groups in total. The van der Waals surface area contributed by atoms with E-state index in [0.717, 1.165) is 116 Å². The average Bonchev–Trinajstić information content (AvgIpc) is 0.976. The maximum Gasteiger partial charge on any atom is 1.00 e. The molecule has 0 heterocycles. The summed E-state index contributed by atoms with van der Waals surface area (Å²) in [6.45, 7) is 4.53. The molecule has 4 atom stereocenters. The number of hydrogen-bond acceptors (Lipinski definition) is 17. The topological polar surface area (TPSA) is 243 Å². The molecule has 0 aromatic carbocycles. The molecule has 0 saturated heterocycles. The fraction of sp³-hybridized carbons (Fsp3) is 0.896. The van der Waals surface area contributed by atoms with Crippen LogP contribution in [0.1, 0.15) is 387 Å². The Hall–Kier alpha value is -0.460. The number of phosphoric ester groups is 2. The van der Waals surface area contributed by atoms with Gasteiger partial charge in [-0.25, -0.2) is 0 Å². The van der Waals surface area contributed by atoms with Gasteiger partial charge in [-0.05, 0) is 77.0 Å². The smallest absolute Gasteiger partial charge is 0.756 e. The average molecular weight is 1450 g/mol. The van der Waals surface area contributed by atoms with Crippen molar-refractivity contribution in [1.29, 1.82) is 0 Å². The second kappa shape index (κ2) is 77.6. The van der Waals surface area contributed by atoms with Crippen LogP contribution in [-0.4, -0.2) is 86.9 Å². The number of allylic oxidation sites excluding steroid dienone is 4. The molecular formula is C77H144Na2O17P2. The summed E-state index contributed by atoms with van der Waals surface area (Å²) in [5.74, 6) is -2.24. The summed E-state index contributed by atoms with van der Waals surface area (Å²) in [4.78, 5) is 77.5. The molecule has 0 aliphatic heterocycles. The quantitative estimate of drug-likeness (QED) is 0.0149. The van der Waals surface area contributed by atoms with Crippen molar-refractivity contribution in [1.82, 2.24) is 0 Å². The van der Waals surface area contributed by atoms with Gasteiger partial charge in [-0.15, -0.1) is 0 Å². The summed E-state index contributed by atoms with van der Waals surface area (Å²) < 4.78 is 67.7. The number of rotatable bonds is 76. The van der Waals surface area contributed by atoms with Gasteiger partial charge >= 0.3 is 83.0 Å². The van der Waals surface area contributed by atoms with Gasteiger partial charge in [0.15, 0.2) is 12.2 Å². The van der Waals surface area contributed by atoms with Crippen molar-refractivity contribution < 1.29 is 139 Å². The van der Waals surface area contributed by atoms with Crippen LogP contribution in [-0.2, 0) is 65.4 Å². The number of ether oxygens (including phenoxy) is 4. The maximum absolute atomic E-state index is 13.0. The van der Waals surface area contributed by atoms with Gasteiger partial charge in [0.05, 0.1) is 26.4 Å². The summed E-state index contributed by atoms with van der Waals surface area (Å²) >= 11 is 0. The largest absolute Gasteiger partial charge is 1.00 e. The van der Waals surface area contributed by atoms with E-state index in [2.05, 4.69) is 52.0 Å². The van der Waals surface area contributed by atoms with Crippen LogP contribution in [0.5, 0.6) is 0 Å². The van der Waals surface area contributed by atoms with Gasteiger partial charge in [-0.2, -0.15) is 0 Å². The Balaban J connectivity index is -0.0000451. The van der Waals surface area contributed by atoms with E-state index in [0.29, 0.717) is 25.7 Å². The molecule has 566 valence electrons. The van der Waals surface area contributed by atoms with E-state index >= 15 is 0 Å². The van der Waals surface area contributed by atoms with E-state index in [1.54, 1.807) is 0 Å². The van der Waals surface area contributed by atoms with E-state index < -0.39 is 97.5 Å². The molecule has 0 aliphatic rings. The van der Waals surface area contributed by atoms with Crippen LogP contribution in [0, 0.1) is 0 Å².